The number of amides is 1. The van der Waals surface area contributed by atoms with Crippen LogP contribution in [-0.4, -0.2) is 29.0 Å². The molecule has 1 atom stereocenters. The minimum Gasteiger partial charge on any atom is -0.479 e. The molecule has 1 amide bonds. The number of thioether (sulfide) groups is 1. The van der Waals surface area contributed by atoms with Gasteiger partial charge in [0.05, 0.1) is 15.8 Å². The summed E-state index contributed by atoms with van der Waals surface area (Å²) >= 11 is 13.0. The number of aliphatic carboxylic acids is 1. The van der Waals surface area contributed by atoms with Gasteiger partial charge in [-0.1, -0.05) is 29.3 Å². The van der Waals surface area contributed by atoms with E-state index in [2.05, 4.69) is 5.32 Å². The highest BCUT2D eigenvalue weighted by Crippen LogP contribution is 2.29. The van der Waals surface area contributed by atoms with Gasteiger partial charge in [-0.3, -0.25) is 4.79 Å². The van der Waals surface area contributed by atoms with E-state index in [9.17, 15) is 14.7 Å². The number of hydrogen-bond donors (Lipinski definition) is 2. The predicted octanol–water partition coefficient (Wildman–Crippen LogP) is 2.77. The summed E-state index contributed by atoms with van der Waals surface area (Å²) in [6, 6.07) is 4.47. The molecule has 1 unspecified atom stereocenters. The second-order valence-electron chi connectivity index (χ2n) is 4.04. The van der Waals surface area contributed by atoms with Gasteiger partial charge in [0.1, 0.15) is 0 Å². The zero-order chi connectivity index (χ0) is 14.6. The molecular formula is C12H13Cl2NO3S. The van der Waals surface area contributed by atoms with Crippen molar-refractivity contribution in [2.45, 2.75) is 12.5 Å². The zero-order valence-electron chi connectivity index (χ0n) is 10.4. The predicted molar refractivity (Wildman–Crippen MR) is 78.0 cm³/mol. The fourth-order valence-electron chi connectivity index (χ4n) is 1.50. The number of halogens is 2. The van der Waals surface area contributed by atoms with Crippen LogP contribution in [0.5, 0.6) is 0 Å². The average molecular weight is 322 g/mol. The van der Waals surface area contributed by atoms with Crippen LogP contribution in [0.3, 0.4) is 0 Å². The van der Waals surface area contributed by atoms with Crippen LogP contribution < -0.4 is 5.32 Å². The standard InChI is InChI=1S/C12H13Cl2NO3S/c1-12(11(17)18,15-10(16)6-19-2)7-3-4-8(13)9(14)5-7/h3-5H,6H2,1-2H3,(H,15,16)(H,17,18). The minimum absolute atomic E-state index is 0.185. The van der Waals surface area contributed by atoms with Crippen molar-refractivity contribution in [3.05, 3.63) is 33.8 Å². The fourth-order valence-corrected chi connectivity index (χ4v) is 2.13. The van der Waals surface area contributed by atoms with Gasteiger partial charge in [-0.25, -0.2) is 4.79 Å². The van der Waals surface area contributed by atoms with E-state index in [0.717, 1.165) is 0 Å². The number of carbonyl (C=O) groups excluding carboxylic acids is 1. The summed E-state index contributed by atoms with van der Waals surface area (Å²) < 4.78 is 0. The fraction of sp³-hybridized carbons (Fsp3) is 0.333. The van der Waals surface area contributed by atoms with Crippen molar-refractivity contribution in [3.8, 4) is 0 Å². The van der Waals surface area contributed by atoms with Crippen molar-refractivity contribution in [1.82, 2.24) is 5.32 Å². The number of carboxylic acid groups (broad SMARTS) is 1. The molecule has 1 aromatic rings. The number of carbonyl (C=O) groups is 2. The molecule has 0 fully saturated rings. The number of hydrogen-bond acceptors (Lipinski definition) is 3. The third-order valence-electron chi connectivity index (χ3n) is 2.59. The molecule has 0 aliphatic rings. The Morgan fingerprint density at radius 3 is 2.47 bits per heavy atom. The van der Waals surface area contributed by atoms with Crippen molar-refractivity contribution in [1.29, 1.82) is 0 Å². The molecule has 4 nitrogen and oxygen atoms in total. The molecule has 0 saturated heterocycles. The molecule has 0 spiro atoms. The van der Waals surface area contributed by atoms with E-state index in [1.807, 2.05) is 0 Å². The second kappa shape index (κ2) is 6.50. The first-order valence-corrected chi connectivity index (χ1v) is 7.45. The lowest BCUT2D eigenvalue weighted by atomic mass is 9.92. The third kappa shape index (κ3) is 3.78. The monoisotopic (exact) mass is 321 g/mol. The maximum absolute atomic E-state index is 11.6. The largest absolute Gasteiger partial charge is 0.479 e. The lowest BCUT2D eigenvalue weighted by Gasteiger charge is -2.27. The average Bonchev–Trinajstić information content (AvgIpc) is 2.32. The number of benzene rings is 1. The van der Waals surface area contributed by atoms with Gasteiger partial charge >= 0.3 is 5.97 Å². The van der Waals surface area contributed by atoms with Crippen LogP contribution in [0.25, 0.3) is 0 Å². The molecular weight excluding hydrogens is 309 g/mol. The molecule has 2 N–H and O–H groups in total. The van der Waals surface area contributed by atoms with Gasteiger partial charge in [-0.05, 0) is 30.9 Å². The van der Waals surface area contributed by atoms with E-state index in [1.165, 1.54) is 36.9 Å². The molecule has 0 radical (unpaired) electrons. The highest BCUT2D eigenvalue weighted by Gasteiger charge is 2.37. The van der Waals surface area contributed by atoms with Gasteiger partial charge in [0, 0.05) is 0 Å². The number of carboxylic acids is 1. The maximum atomic E-state index is 11.6. The van der Waals surface area contributed by atoms with Gasteiger partial charge in [0.15, 0.2) is 5.54 Å². The quantitative estimate of drug-likeness (QED) is 0.875. The lowest BCUT2D eigenvalue weighted by molar-refractivity contribution is -0.147. The van der Waals surface area contributed by atoms with Crippen LogP contribution in [0, 0.1) is 0 Å². The van der Waals surface area contributed by atoms with Gasteiger partial charge in [-0.15, -0.1) is 0 Å². The van der Waals surface area contributed by atoms with Crippen molar-refractivity contribution in [2.24, 2.45) is 0 Å². The molecule has 19 heavy (non-hydrogen) atoms. The normalized spacial score (nSPS) is 13.7. The Morgan fingerprint density at radius 2 is 2.00 bits per heavy atom. The molecule has 0 aliphatic carbocycles. The second-order valence-corrected chi connectivity index (χ2v) is 5.72. The molecule has 1 rings (SSSR count). The van der Waals surface area contributed by atoms with E-state index < -0.39 is 11.5 Å². The van der Waals surface area contributed by atoms with Crippen LogP contribution in [0.2, 0.25) is 10.0 Å². The summed E-state index contributed by atoms with van der Waals surface area (Å²) in [5.41, 5.74) is -1.18. The van der Waals surface area contributed by atoms with Crippen molar-refractivity contribution in [2.75, 3.05) is 12.0 Å². The third-order valence-corrected chi connectivity index (χ3v) is 3.88. The van der Waals surface area contributed by atoms with E-state index in [0.29, 0.717) is 10.6 Å². The van der Waals surface area contributed by atoms with E-state index in [1.54, 1.807) is 6.26 Å². The van der Waals surface area contributed by atoms with Crippen LogP contribution in [0.15, 0.2) is 18.2 Å². The Kier molecular flexibility index (Phi) is 5.52. The molecule has 0 saturated carbocycles. The smallest absolute Gasteiger partial charge is 0.333 e. The van der Waals surface area contributed by atoms with Crippen LogP contribution in [0.1, 0.15) is 12.5 Å². The van der Waals surface area contributed by atoms with Crippen molar-refractivity contribution >= 4 is 46.8 Å². The highest BCUT2D eigenvalue weighted by molar-refractivity contribution is 7.99. The first kappa shape index (κ1) is 16.1. The first-order valence-electron chi connectivity index (χ1n) is 5.30. The van der Waals surface area contributed by atoms with Crippen molar-refractivity contribution in [3.63, 3.8) is 0 Å². The number of rotatable bonds is 5. The Morgan fingerprint density at radius 1 is 1.37 bits per heavy atom. The van der Waals surface area contributed by atoms with E-state index in [-0.39, 0.29) is 16.7 Å². The molecule has 1 aromatic carbocycles. The van der Waals surface area contributed by atoms with Crippen LogP contribution >= 0.6 is 35.0 Å². The summed E-state index contributed by atoms with van der Waals surface area (Å²) in [6.45, 7) is 1.41. The molecule has 0 bridgehead atoms. The first-order chi connectivity index (χ1) is 8.81. The van der Waals surface area contributed by atoms with E-state index >= 15 is 0 Å². The van der Waals surface area contributed by atoms with Gasteiger partial charge in [0.25, 0.3) is 0 Å². The van der Waals surface area contributed by atoms with Gasteiger partial charge in [0.2, 0.25) is 5.91 Å². The Hall–Kier alpha value is -0.910. The molecule has 104 valence electrons. The van der Waals surface area contributed by atoms with Crippen LogP contribution in [0.4, 0.5) is 0 Å². The van der Waals surface area contributed by atoms with Crippen molar-refractivity contribution < 1.29 is 14.7 Å². The SMILES string of the molecule is CSCC(=O)NC(C)(C(=O)O)c1ccc(Cl)c(Cl)c1. The summed E-state index contributed by atoms with van der Waals surface area (Å²) in [5, 5.41) is 12.4. The van der Waals surface area contributed by atoms with Gasteiger partial charge < -0.3 is 10.4 Å². The van der Waals surface area contributed by atoms with Crippen LogP contribution in [-0.2, 0) is 15.1 Å². The van der Waals surface area contributed by atoms with Gasteiger partial charge in [-0.2, -0.15) is 11.8 Å². The summed E-state index contributed by atoms with van der Waals surface area (Å²) in [6.07, 6.45) is 1.76. The van der Waals surface area contributed by atoms with E-state index in [4.69, 9.17) is 23.2 Å². The molecule has 0 aliphatic heterocycles. The molecule has 0 aromatic heterocycles. The summed E-state index contributed by atoms with van der Waals surface area (Å²) in [4.78, 5) is 23.1. The Labute approximate surface area is 125 Å². The Bertz CT molecular complexity index is 510. The molecule has 0 heterocycles. The highest BCUT2D eigenvalue weighted by atomic mass is 35.5. The Balaban J connectivity index is 3.14. The molecule has 7 heteroatoms. The maximum Gasteiger partial charge on any atom is 0.333 e. The number of nitrogens with one attached hydrogen (secondary N) is 1. The topological polar surface area (TPSA) is 66.4 Å². The lowest BCUT2D eigenvalue weighted by Crippen LogP contribution is -2.50. The summed E-state index contributed by atoms with van der Waals surface area (Å²) in [5.74, 6) is -1.34. The zero-order valence-corrected chi connectivity index (χ0v) is 12.7. The summed E-state index contributed by atoms with van der Waals surface area (Å²) in [7, 11) is 0. The minimum atomic E-state index is -1.54.